The maximum Gasteiger partial charge on any atom is 0.282 e. The molecule has 0 unspecified atom stereocenters. The Labute approximate surface area is 143 Å². The molecule has 0 fully saturated rings. The summed E-state index contributed by atoms with van der Waals surface area (Å²) in [6.45, 7) is 16.6. The molecule has 0 amide bonds. The first-order chi connectivity index (χ1) is 10.7. The molecule has 0 saturated heterocycles. The lowest BCUT2D eigenvalue weighted by Gasteiger charge is -2.27. The summed E-state index contributed by atoms with van der Waals surface area (Å²) in [5.74, 6) is 0.277. The van der Waals surface area contributed by atoms with Crippen LogP contribution in [0.25, 0.3) is 0 Å². The van der Waals surface area contributed by atoms with E-state index in [1.165, 1.54) is 6.08 Å². The molecule has 1 heterocycles. The van der Waals surface area contributed by atoms with Crippen molar-refractivity contribution >= 4 is 5.90 Å². The van der Waals surface area contributed by atoms with Crippen molar-refractivity contribution in [3.8, 4) is 0 Å². The molecule has 0 bridgehead atoms. The maximum absolute atomic E-state index is 5.25. The Kier molecular flexibility index (Phi) is 6.45. The average molecular weight is 347 g/mol. The van der Waals surface area contributed by atoms with Crippen molar-refractivity contribution in [2.45, 2.75) is 79.1 Å². The average Bonchev–Trinajstić information content (AvgIpc) is 2.38. The highest BCUT2D eigenvalue weighted by atomic mass is 17.3. The van der Waals surface area contributed by atoms with E-state index in [2.05, 4.69) is 10.5 Å². The number of rotatable bonds is 5. The number of hydrogen-bond donors (Lipinski definition) is 1. The number of hydrogen-bond acceptors (Lipinski definition) is 9. The second-order valence-electron chi connectivity index (χ2n) is 8.16. The first kappa shape index (κ1) is 20.5. The molecular formula is C15H29N3O6. The lowest BCUT2D eigenvalue weighted by molar-refractivity contribution is -0.479. The summed E-state index contributed by atoms with van der Waals surface area (Å²) in [4.78, 5) is 31.2. The van der Waals surface area contributed by atoms with Crippen LogP contribution in [-0.2, 0) is 29.4 Å². The summed E-state index contributed by atoms with van der Waals surface area (Å²) in [5, 5.41) is 4.95. The number of nitrogens with one attached hydrogen (secondary N) is 1. The molecule has 0 aromatic rings. The van der Waals surface area contributed by atoms with Gasteiger partial charge in [0.1, 0.15) is 11.2 Å². The van der Waals surface area contributed by atoms with E-state index in [-0.39, 0.29) is 11.8 Å². The van der Waals surface area contributed by atoms with Gasteiger partial charge >= 0.3 is 0 Å². The van der Waals surface area contributed by atoms with E-state index < -0.39 is 16.8 Å². The lowest BCUT2D eigenvalue weighted by Crippen LogP contribution is -2.41. The van der Waals surface area contributed by atoms with E-state index in [1.807, 2.05) is 62.3 Å². The number of hydrazone groups is 1. The molecule has 9 nitrogen and oxygen atoms in total. The minimum Gasteiger partial charge on any atom is -0.317 e. The van der Waals surface area contributed by atoms with Crippen LogP contribution in [-0.4, -0.2) is 28.0 Å². The molecule has 0 aromatic carbocycles. The second kappa shape index (κ2) is 7.56. The molecule has 0 aromatic heterocycles. The third-order valence-corrected chi connectivity index (χ3v) is 1.77. The smallest absolute Gasteiger partial charge is 0.282 e. The molecule has 1 aliphatic rings. The van der Waals surface area contributed by atoms with Gasteiger partial charge in [0.2, 0.25) is 0 Å². The molecule has 0 aliphatic carbocycles. The quantitative estimate of drug-likeness (QED) is 0.600. The van der Waals surface area contributed by atoms with Gasteiger partial charge in [-0.2, -0.15) is 9.78 Å². The summed E-state index contributed by atoms with van der Waals surface area (Å²) in [6.07, 6.45) is 1.45. The van der Waals surface area contributed by atoms with E-state index >= 15 is 0 Å². The van der Waals surface area contributed by atoms with Crippen LogP contribution >= 0.6 is 0 Å². The maximum atomic E-state index is 5.25. The predicted molar refractivity (Wildman–Crippen MR) is 86.3 cm³/mol. The van der Waals surface area contributed by atoms with Crippen LogP contribution in [0, 0.1) is 0 Å². The van der Waals surface area contributed by atoms with Gasteiger partial charge in [0.25, 0.3) is 11.8 Å². The van der Waals surface area contributed by atoms with Crippen molar-refractivity contribution in [3.05, 3.63) is 12.0 Å². The zero-order valence-corrected chi connectivity index (χ0v) is 15.9. The number of hydrazine groups is 1. The Morgan fingerprint density at radius 1 is 0.792 bits per heavy atom. The highest BCUT2D eigenvalue weighted by Crippen LogP contribution is 2.16. The zero-order valence-electron chi connectivity index (χ0n) is 15.9. The van der Waals surface area contributed by atoms with E-state index in [1.54, 1.807) is 0 Å². The molecule has 0 saturated carbocycles. The zero-order chi connectivity index (χ0) is 18.6. The Hall–Kier alpha value is -1.55. The van der Waals surface area contributed by atoms with Crippen molar-refractivity contribution in [2.75, 3.05) is 0 Å². The highest BCUT2D eigenvalue weighted by molar-refractivity contribution is 5.87. The molecule has 1 rings (SSSR count). The van der Waals surface area contributed by atoms with Gasteiger partial charge in [-0.15, -0.1) is 0 Å². The third-order valence-electron chi connectivity index (χ3n) is 1.77. The van der Waals surface area contributed by atoms with Crippen molar-refractivity contribution in [1.82, 2.24) is 10.7 Å². The van der Waals surface area contributed by atoms with Gasteiger partial charge in [0.15, 0.2) is 0 Å². The molecule has 0 radical (unpaired) electrons. The van der Waals surface area contributed by atoms with Crippen LogP contribution in [0.4, 0.5) is 0 Å². The minimum absolute atomic E-state index is 0.0914. The van der Waals surface area contributed by atoms with Crippen molar-refractivity contribution in [1.29, 1.82) is 0 Å². The van der Waals surface area contributed by atoms with Gasteiger partial charge in [0.05, 0.1) is 11.7 Å². The summed E-state index contributed by atoms with van der Waals surface area (Å²) in [6, 6.07) is 0. The summed E-state index contributed by atoms with van der Waals surface area (Å²) < 4.78 is 0. The van der Waals surface area contributed by atoms with E-state index in [9.17, 15) is 0 Å². The third kappa shape index (κ3) is 9.56. The Bertz CT molecular complexity index is 471. The summed E-state index contributed by atoms with van der Waals surface area (Å²) in [7, 11) is 0. The molecule has 0 atom stereocenters. The van der Waals surface area contributed by atoms with Gasteiger partial charge in [-0.1, -0.05) is 10.1 Å². The van der Waals surface area contributed by atoms with E-state index in [0.29, 0.717) is 0 Å². The SMILES string of the molecule is CC(C)(C)OOC1=CC(OOC(C)(C)C)=NN(OOC(C)(C)C)N1. The van der Waals surface area contributed by atoms with Gasteiger partial charge < -0.3 is 9.78 Å². The molecular weight excluding hydrogens is 318 g/mol. The first-order valence-corrected chi connectivity index (χ1v) is 7.68. The lowest BCUT2D eigenvalue weighted by atomic mass is 10.2. The van der Waals surface area contributed by atoms with Gasteiger partial charge in [-0.3, -0.25) is 0 Å². The van der Waals surface area contributed by atoms with E-state index in [4.69, 9.17) is 29.4 Å². The predicted octanol–water partition coefficient (Wildman–Crippen LogP) is 3.12. The van der Waals surface area contributed by atoms with Gasteiger partial charge in [-0.25, -0.2) is 10.3 Å². The molecule has 0 spiro atoms. The topological polar surface area (TPSA) is 83.0 Å². The van der Waals surface area contributed by atoms with Crippen molar-refractivity contribution < 1.29 is 29.4 Å². The minimum atomic E-state index is -0.537. The molecule has 1 N–H and O–H groups in total. The molecule has 9 heteroatoms. The van der Waals surface area contributed by atoms with Crippen LogP contribution < -0.4 is 5.43 Å². The normalized spacial score (nSPS) is 16.3. The van der Waals surface area contributed by atoms with Gasteiger partial charge in [0, 0.05) is 0 Å². The van der Waals surface area contributed by atoms with Crippen molar-refractivity contribution in [2.24, 2.45) is 5.10 Å². The second-order valence-corrected chi connectivity index (χ2v) is 8.16. The standard InChI is InChI=1S/C15H29N3O6/c1-13(2,3)21-19-11-10-12(20-22-14(4,5)6)17-18(16-11)24-23-15(7,8)9/h10,16H,1-9H3. The Morgan fingerprint density at radius 3 is 1.79 bits per heavy atom. The highest BCUT2D eigenvalue weighted by Gasteiger charge is 2.24. The monoisotopic (exact) mass is 347 g/mol. The van der Waals surface area contributed by atoms with Crippen molar-refractivity contribution in [3.63, 3.8) is 0 Å². The summed E-state index contributed by atoms with van der Waals surface area (Å²) >= 11 is 0. The van der Waals surface area contributed by atoms with Crippen LogP contribution in [0.3, 0.4) is 0 Å². The largest absolute Gasteiger partial charge is 0.317 e. The Morgan fingerprint density at radius 2 is 1.29 bits per heavy atom. The molecule has 140 valence electrons. The van der Waals surface area contributed by atoms with Crippen LogP contribution in [0.5, 0.6) is 0 Å². The molecule has 24 heavy (non-hydrogen) atoms. The fraction of sp³-hybridized carbons (Fsp3) is 0.800. The van der Waals surface area contributed by atoms with Gasteiger partial charge in [-0.05, 0) is 67.6 Å². The Balaban J connectivity index is 2.76. The van der Waals surface area contributed by atoms with Crippen LogP contribution in [0.2, 0.25) is 0 Å². The first-order valence-electron chi connectivity index (χ1n) is 7.68. The number of nitrogens with zero attached hydrogens (tertiary/aromatic N) is 2. The van der Waals surface area contributed by atoms with Crippen LogP contribution in [0.15, 0.2) is 17.1 Å². The fourth-order valence-electron chi connectivity index (χ4n) is 0.985. The molecule has 1 aliphatic heterocycles. The van der Waals surface area contributed by atoms with Crippen LogP contribution in [0.1, 0.15) is 62.3 Å². The fourth-order valence-corrected chi connectivity index (χ4v) is 0.985. The summed E-state index contributed by atoms with van der Waals surface area (Å²) in [5.41, 5.74) is 1.14. The van der Waals surface area contributed by atoms with E-state index in [0.717, 1.165) is 5.28 Å².